The highest BCUT2D eigenvalue weighted by atomic mass is 35.5. The first kappa shape index (κ1) is 21.5. The van der Waals surface area contributed by atoms with Crippen molar-refractivity contribution in [1.29, 1.82) is 0 Å². The van der Waals surface area contributed by atoms with Crippen molar-refractivity contribution in [3.63, 3.8) is 0 Å². The van der Waals surface area contributed by atoms with E-state index in [4.69, 9.17) is 11.6 Å². The highest BCUT2D eigenvalue weighted by Gasteiger charge is 2.35. The Morgan fingerprint density at radius 3 is 2.32 bits per heavy atom. The molecule has 0 bridgehead atoms. The van der Waals surface area contributed by atoms with E-state index in [0.29, 0.717) is 5.56 Å². The first-order chi connectivity index (χ1) is 9.45. The second-order valence-electron chi connectivity index (χ2n) is 4.67. The van der Waals surface area contributed by atoms with E-state index in [9.17, 15) is 13.2 Å². The summed E-state index contributed by atoms with van der Waals surface area (Å²) in [5.41, 5.74) is -0.336. The Morgan fingerprint density at radius 2 is 1.82 bits per heavy atom. The molecule has 126 valence electrons. The molecule has 1 heterocycles. The summed E-state index contributed by atoms with van der Waals surface area (Å²) < 4.78 is 38.7. The monoisotopic (exact) mass is 376 g/mol. The highest BCUT2D eigenvalue weighted by Crippen LogP contribution is 2.39. The van der Waals surface area contributed by atoms with E-state index in [-0.39, 0.29) is 35.9 Å². The summed E-state index contributed by atoms with van der Waals surface area (Å²) in [5, 5.41) is 2.97. The standard InChI is InChI=1S/C14H16ClF3N2.2ClH/c1-2-12(20-8-6-19-7-9-20)10-4-3-5-11(13(10)15)14(16,17)18;;/h2-5,12,19H,1,6-9H2;2*1H/t12-;;/m1../s1. The van der Waals surface area contributed by atoms with Crippen LogP contribution in [0.2, 0.25) is 5.02 Å². The van der Waals surface area contributed by atoms with Gasteiger partial charge in [0.15, 0.2) is 0 Å². The molecule has 2 rings (SSSR count). The summed E-state index contributed by atoms with van der Waals surface area (Å²) in [5.74, 6) is 0. The van der Waals surface area contributed by atoms with E-state index < -0.39 is 11.7 Å². The van der Waals surface area contributed by atoms with Gasteiger partial charge in [0.2, 0.25) is 0 Å². The second-order valence-corrected chi connectivity index (χ2v) is 5.05. The van der Waals surface area contributed by atoms with Crippen molar-refractivity contribution in [2.45, 2.75) is 12.2 Å². The third kappa shape index (κ3) is 4.77. The van der Waals surface area contributed by atoms with E-state index >= 15 is 0 Å². The molecule has 0 saturated carbocycles. The molecule has 0 unspecified atom stereocenters. The molecule has 1 N–H and O–H groups in total. The van der Waals surface area contributed by atoms with Gasteiger partial charge in [-0.3, -0.25) is 4.90 Å². The number of hydrogen-bond donors (Lipinski definition) is 1. The largest absolute Gasteiger partial charge is 0.417 e. The maximum Gasteiger partial charge on any atom is 0.417 e. The molecule has 1 aromatic rings. The molecule has 1 aromatic carbocycles. The zero-order chi connectivity index (χ0) is 14.8. The minimum Gasteiger partial charge on any atom is -0.314 e. The summed E-state index contributed by atoms with van der Waals surface area (Å²) >= 11 is 5.98. The predicted molar refractivity (Wildman–Crippen MR) is 88.3 cm³/mol. The van der Waals surface area contributed by atoms with Crippen molar-refractivity contribution >= 4 is 36.4 Å². The summed E-state index contributed by atoms with van der Waals surface area (Å²) in [6, 6.07) is 3.73. The quantitative estimate of drug-likeness (QED) is 0.789. The van der Waals surface area contributed by atoms with Crippen LogP contribution in [-0.4, -0.2) is 31.1 Å². The van der Waals surface area contributed by atoms with Gasteiger partial charge in [-0.25, -0.2) is 0 Å². The van der Waals surface area contributed by atoms with Crippen LogP contribution in [0, 0.1) is 0 Å². The van der Waals surface area contributed by atoms with Crippen molar-refractivity contribution in [3.8, 4) is 0 Å². The van der Waals surface area contributed by atoms with Crippen LogP contribution in [0.1, 0.15) is 17.2 Å². The molecule has 0 radical (unpaired) electrons. The van der Waals surface area contributed by atoms with Crippen molar-refractivity contribution < 1.29 is 13.2 Å². The molecule has 0 aromatic heterocycles. The fourth-order valence-corrected chi connectivity index (χ4v) is 2.78. The van der Waals surface area contributed by atoms with Crippen LogP contribution >= 0.6 is 36.4 Å². The van der Waals surface area contributed by atoms with Gasteiger partial charge < -0.3 is 5.32 Å². The van der Waals surface area contributed by atoms with Crippen molar-refractivity contribution in [3.05, 3.63) is 47.0 Å². The van der Waals surface area contributed by atoms with Crippen LogP contribution < -0.4 is 5.32 Å². The molecule has 1 saturated heterocycles. The van der Waals surface area contributed by atoms with Gasteiger partial charge >= 0.3 is 6.18 Å². The lowest BCUT2D eigenvalue weighted by Crippen LogP contribution is -2.44. The molecule has 0 aliphatic carbocycles. The molecule has 0 amide bonds. The van der Waals surface area contributed by atoms with Crippen LogP contribution in [0.25, 0.3) is 0 Å². The van der Waals surface area contributed by atoms with Gasteiger partial charge in [0.05, 0.1) is 16.6 Å². The Kier molecular flexibility index (Phi) is 8.80. The molecule has 1 aliphatic heterocycles. The molecule has 0 spiro atoms. The molecular formula is C14H18Cl3F3N2. The number of rotatable bonds is 3. The lowest BCUT2D eigenvalue weighted by molar-refractivity contribution is -0.137. The molecular weight excluding hydrogens is 360 g/mol. The molecule has 1 fully saturated rings. The maximum absolute atomic E-state index is 12.9. The molecule has 2 nitrogen and oxygen atoms in total. The fourth-order valence-electron chi connectivity index (χ4n) is 2.43. The minimum absolute atomic E-state index is 0. The first-order valence-electron chi connectivity index (χ1n) is 6.38. The second kappa shape index (κ2) is 8.99. The van der Waals surface area contributed by atoms with E-state index in [1.807, 2.05) is 0 Å². The number of hydrogen-bond acceptors (Lipinski definition) is 2. The zero-order valence-corrected chi connectivity index (χ0v) is 14.1. The summed E-state index contributed by atoms with van der Waals surface area (Å²) in [6.45, 7) is 6.86. The van der Waals surface area contributed by atoms with E-state index in [0.717, 1.165) is 32.2 Å². The Hall–Kier alpha value is -0.460. The van der Waals surface area contributed by atoms with E-state index in [1.165, 1.54) is 6.07 Å². The summed E-state index contributed by atoms with van der Waals surface area (Å²) in [6.07, 6.45) is -2.80. The van der Waals surface area contributed by atoms with E-state index in [1.54, 1.807) is 12.1 Å². The van der Waals surface area contributed by atoms with Gasteiger partial charge in [-0.1, -0.05) is 29.8 Å². The van der Waals surface area contributed by atoms with Gasteiger partial charge in [0, 0.05) is 26.2 Å². The number of nitrogens with one attached hydrogen (secondary N) is 1. The van der Waals surface area contributed by atoms with E-state index in [2.05, 4.69) is 16.8 Å². The average Bonchev–Trinajstić information content (AvgIpc) is 2.41. The Labute approximate surface area is 145 Å². The lowest BCUT2D eigenvalue weighted by Gasteiger charge is -2.34. The smallest absolute Gasteiger partial charge is 0.314 e. The van der Waals surface area contributed by atoms with Gasteiger partial charge in [0.1, 0.15) is 0 Å². The normalized spacial score (nSPS) is 17.1. The van der Waals surface area contributed by atoms with Crippen molar-refractivity contribution in [1.82, 2.24) is 10.2 Å². The number of piperazine rings is 1. The van der Waals surface area contributed by atoms with Gasteiger partial charge in [-0.05, 0) is 11.6 Å². The van der Waals surface area contributed by atoms with Crippen molar-refractivity contribution in [2.24, 2.45) is 0 Å². The number of alkyl halides is 3. The third-order valence-corrected chi connectivity index (χ3v) is 3.84. The third-order valence-electron chi connectivity index (χ3n) is 3.42. The van der Waals surface area contributed by atoms with Gasteiger partial charge in [0.25, 0.3) is 0 Å². The van der Waals surface area contributed by atoms with Crippen LogP contribution in [0.5, 0.6) is 0 Å². The van der Waals surface area contributed by atoms with Crippen molar-refractivity contribution in [2.75, 3.05) is 26.2 Å². The number of nitrogens with zero attached hydrogens (tertiary/aromatic N) is 1. The number of benzene rings is 1. The fraction of sp³-hybridized carbons (Fsp3) is 0.429. The molecule has 22 heavy (non-hydrogen) atoms. The molecule has 1 atom stereocenters. The van der Waals surface area contributed by atoms with Gasteiger partial charge in [-0.15, -0.1) is 31.4 Å². The minimum atomic E-state index is -4.44. The summed E-state index contributed by atoms with van der Waals surface area (Å²) in [4.78, 5) is 2.07. The maximum atomic E-state index is 12.9. The van der Waals surface area contributed by atoms with Crippen LogP contribution in [0.4, 0.5) is 13.2 Å². The molecule has 8 heteroatoms. The lowest BCUT2D eigenvalue weighted by atomic mass is 10.0. The average molecular weight is 378 g/mol. The topological polar surface area (TPSA) is 15.3 Å². The van der Waals surface area contributed by atoms with Crippen LogP contribution in [-0.2, 0) is 6.18 Å². The first-order valence-corrected chi connectivity index (χ1v) is 6.76. The predicted octanol–water partition coefficient (Wildman–Crippen LogP) is 4.33. The number of halogens is 6. The summed E-state index contributed by atoms with van der Waals surface area (Å²) in [7, 11) is 0. The highest BCUT2D eigenvalue weighted by molar-refractivity contribution is 6.32. The Bertz CT molecular complexity index is 489. The molecule has 1 aliphatic rings. The Morgan fingerprint density at radius 1 is 1.23 bits per heavy atom. The zero-order valence-electron chi connectivity index (χ0n) is 11.7. The van der Waals surface area contributed by atoms with Crippen LogP contribution in [0.15, 0.2) is 30.9 Å². The Balaban J connectivity index is 0.00000220. The van der Waals surface area contributed by atoms with Crippen LogP contribution in [0.3, 0.4) is 0 Å². The van der Waals surface area contributed by atoms with Gasteiger partial charge in [-0.2, -0.15) is 13.2 Å². The SMILES string of the molecule is C=C[C@H](c1cccc(C(F)(F)F)c1Cl)N1CCNCC1.Cl.Cl.